The molecule has 0 aromatic rings. The van der Waals surface area contributed by atoms with E-state index >= 15 is 0 Å². The van der Waals surface area contributed by atoms with Gasteiger partial charge >= 0.3 is 5.97 Å². The van der Waals surface area contributed by atoms with Crippen molar-refractivity contribution >= 4 is 5.97 Å². The highest BCUT2D eigenvalue weighted by Gasteiger charge is 2.69. The van der Waals surface area contributed by atoms with Crippen LogP contribution in [0.1, 0.15) is 107 Å². The number of fused-ring (bicyclic) bond motifs is 6. The molecule has 0 bridgehead atoms. The molecule has 14 nitrogen and oxygen atoms in total. The van der Waals surface area contributed by atoms with Gasteiger partial charge in [0.05, 0.1) is 31.5 Å². The number of aliphatic hydroxyl groups excluding tert-OH is 8. The summed E-state index contributed by atoms with van der Waals surface area (Å²) in [7, 11) is 0. The van der Waals surface area contributed by atoms with Crippen LogP contribution < -0.4 is 0 Å². The maximum Gasteiger partial charge on any atom is 0.302 e. The van der Waals surface area contributed by atoms with Crippen LogP contribution in [0, 0.1) is 44.3 Å². The minimum atomic E-state index is -1.77. The first-order valence-corrected chi connectivity index (χ1v) is 21.5. The van der Waals surface area contributed by atoms with Crippen LogP contribution in [0.4, 0.5) is 0 Å². The van der Waals surface area contributed by atoms with Crippen LogP contribution in [0.25, 0.3) is 0 Å². The van der Waals surface area contributed by atoms with Gasteiger partial charge in [-0.3, -0.25) is 4.79 Å². The first-order valence-electron chi connectivity index (χ1n) is 21.5. The van der Waals surface area contributed by atoms with Crippen LogP contribution in [-0.2, 0) is 28.5 Å². The van der Waals surface area contributed by atoms with E-state index in [1.54, 1.807) is 6.92 Å². The molecule has 0 radical (unpaired) electrons. The van der Waals surface area contributed by atoms with E-state index in [1.807, 2.05) is 6.92 Å². The summed E-state index contributed by atoms with van der Waals surface area (Å²) in [5, 5.41) is 88.8. The molecule has 0 spiro atoms. The van der Waals surface area contributed by atoms with E-state index in [1.165, 1.54) is 18.1 Å². The summed E-state index contributed by atoms with van der Waals surface area (Å²) >= 11 is 0. The lowest BCUT2D eigenvalue weighted by Crippen LogP contribution is -2.67. The molecule has 8 N–H and O–H groups in total. The van der Waals surface area contributed by atoms with E-state index in [0.717, 1.165) is 38.5 Å². The van der Waals surface area contributed by atoms with Gasteiger partial charge in [-0.2, -0.15) is 0 Å². The Bertz CT molecular complexity index is 1620. The molecule has 5 aliphatic carbocycles. The molecule has 5 fully saturated rings. The molecule has 3 saturated carbocycles. The average Bonchev–Trinajstić information content (AvgIpc) is 3.16. The summed E-state index contributed by atoms with van der Waals surface area (Å²) in [6, 6.07) is 0. The normalized spacial score (nSPS) is 52.6. The maximum absolute atomic E-state index is 12.0. The van der Waals surface area contributed by atoms with Crippen molar-refractivity contribution in [1.82, 2.24) is 0 Å². The van der Waals surface area contributed by atoms with E-state index in [4.69, 9.17) is 23.7 Å². The Hall–Kier alpha value is -1.53. The van der Waals surface area contributed by atoms with Crippen molar-refractivity contribution in [1.29, 1.82) is 0 Å². The van der Waals surface area contributed by atoms with E-state index in [-0.39, 0.29) is 46.7 Å². The molecule has 330 valence electrons. The Morgan fingerprint density at radius 3 is 2.16 bits per heavy atom. The zero-order chi connectivity index (χ0) is 42.5. The van der Waals surface area contributed by atoms with Crippen molar-refractivity contribution in [3.63, 3.8) is 0 Å². The SMILES string of the molecule is CC(=O)OC[C@H]1O[C@@H](O[C@H]2[C@@H](O)[C@@H](C)O[C@@H](O[C@H]3CC[C@@]4(C)[C@@H](CC[C@]5(C)[C@@H]4C=CC4=C6CC(C)(C)CC[C@]6(CO)[C@@H](O)C[C@]45C)[C@]3(C)CO)[C@@H]2O)[C@H](O)[C@@H](O)[C@@H]1O. The number of ether oxygens (including phenoxy) is 5. The van der Waals surface area contributed by atoms with Crippen LogP contribution >= 0.6 is 0 Å². The van der Waals surface area contributed by atoms with Crippen LogP contribution in [0.2, 0.25) is 0 Å². The summed E-state index contributed by atoms with van der Waals surface area (Å²) in [4.78, 5) is 11.4. The molecular formula is C44H70O14. The van der Waals surface area contributed by atoms with Crippen molar-refractivity contribution < 1.29 is 69.3 Å². The smallest absolute Gasteiger partial charge is 0.302 e. The van der Waals surface area contributed by atoms with Crippen LogP contribution in [0.5, 0.6) is 0 Å². The molecule has 58 heavy (non-hydrogen) atoms. The molecule has 7 rings (SSSR count). The van der Waals surface area contributed by atoms with E-state index < -0.39 is 97.0 Å². The molecule has 7 aliphatic rings. The summed E-state index contributed by atoms with van der Waals surface area (Å²) in [6.45, 7) is 15.7. The number of aliphatic hydroxyl groups is 8. The largest absolute Gasteiger partial charge is 0.463 e. The third kappa shape index (κ3) is 6.70. The van der Waals surface area contributed by atoms with Crippen molar-refractivity contribution in [3.8, 4) is 0 Å². The van der Waals surface area contributed by atoms with Gasteiger partial charge in [-0.25, -0.2) is 0 Å². The fraction of sp³-hybridized carbons (Fsp3) is 0.886. The Morgan fingerprint density at radius 2 is 1.50 bits per heavy atom. The van der Waals surface area contributed by atoms with Gasteiger partial charge in [0.15, 0.2) is 12.6 Å². The summed E-state index contributed by atoms with van der Waals surface area (Å²) < 4.78 is 29.3. The van der Waals surface area contributed by atoms with Gasteiger partial charge in [-0.1, -0.05) is 59.3 Å². The number of allylic oxidation sites excluding steroid dienone is 3. The van der Waals surface area contributed by atoms with Crippen molar-refractivity contribution in [3.05, 3.63) is 23.3 Å². The van der Waals surface area contributed by atoms with Crippen molar-refractivity contribution in [2.24, 2.45) is 44.3 Å². The zero-order valence-electron chi connectivity index (χ0n) is 35.5. The monoisotopic (exact) mass is 822 g/mol. The quantitative estimate of drug-likeness (QED) is 0.130. The number of rotatable bonds is 8. The highest BCUT2D eigenvalue weighted by atomic mass is 16.7. The summed E-state index contributed by atoms with van der Waals surface area (Å²) in [5.74, 6) is -0.515. The second-order valence-electron chi connectivity index (χ2n) is 20.9. The number of carbonyl (C=O) groups excluding carboxylic acids is 1. The van der Waals surface area contributed by atoms with Gasteiger partial charge < -0.3 is 64.5 Å². The number of hydrogen-bond acceptors (Lipinski definition) is 14. The van der Waals surface area contributed by atoms with Crippen LogP contribution in [0.3, 0.4) is 0 Å². The number of hydrogen-bond donors (Lipinski definition) is 8. The maximum atomic E-state index is 12.0. The van der Waals surface area contributed by atoms with Gasteiger partial charge in [-0.15, -0.1) is 0 Å². The second kappa shape index (κ2) is 15.4. The van der Waals surface area contributed by atoms with Crippen molar-refractivity contribution in [2.45, 2.75) is 180 Å². The van der Waals surface area contributed by atoms with Crippen LogP contribution in [-0.4, -0.2) is 140 Å². The minimum Gasteiger partial charge on any atom is -0.463 e. The molecule has 19 atom stereocenters. The van der Waals surface area contributed by atoms with Crippen LogP contribution in [0.15, 0.2) is 23.3 Å². The molecular weight excluding hydrogens is 752 g/mol. The van der Waals surface area contributed by atoms with E-state index in [2.05, 4.69) is 46.8 Å². The predicted octanol–water partition coefficient (Wildman–Crippen LogP) is 2.25. The average molecular weight is 823 g/mol. The first kappa shape index (κ1) is 44.5. The van der Waals surface area contributed by atoms with Gasteiger partial charge in [0, 0.05) is 23.2 Å². The Morgan fingerprint density at radius 1 is 0.810 bits per heavy atom. The number of esters is 1. The molecule has 2 aliphatic heterocycles. The molecule has 2 heterocycles. The fourth-order valence-electron chi connectivity index (χ4n) is 13.2. The lowest BCUT2D eigenvalue weighted by atomic mass is 9.35. The predicted molar refractivity (Wildman–Crippen MR) is 208 cm³/mol. The first-order chi connectivity index (χ1) is 27.0. The fourth-order valence-corrected chi connectivity index (χ4v) is 13.2. The standard InChI is InChI=1S/C44H70O14/c1-22-31(49)36(58-37-34(52)33(51)32(50)26(56-37)19-54-23(2)47)35(53)38(55-22)57-30-12-13-40(5)27(41(30,6)20-45)11-14-42(7)28(40)10-9-24-25-17-39(3,4)15-16-44(25,21-46)29(48)18-43(24,42)8/h9-10,22,26-38,45-46,48-53H,11-21H2,1-8H3/t22-,26-,27-,28-,29+,30+,31+,32-,33+,34-,35-,36+,37+,38+,40+,41+,42-,43-,44-/m1/s1. The Balaban J connectivity index is 1.13. The third-order valence-corrected chi connectivity index (χ3v) is 17.1. The third-order valence-electron chi connectivity index (χ3n) is 17.1. The molecule has 0 unspecified atom stereocenters. The van der Waals surface area contributed by atoms with Gasteiger partial charge in [0.2, 0.25) is 0 Å². The summed E-state index contributed by atoms with van der Waals surface area (Å²) in [6.07, 6.45) is -5.02. The highest BCUT2D eigenvalue weighted by Crippen LogP contribution is 2.74. The van der Waals surface area contributed by atoms with Crippen molar-refractivity contribution in [2.75, 3.05) is 19.8 Å². The van der Waals surface area contributed by atoms with E-state index in [0.29, 0.717) is 12.8 Å². The molecule has 0 amide bonds. The molecule has 0 aromatic heterocycles. The summed E-state index contributed by atoms with van der Waals surface area (Å²) in [5.41, 5.74) is 0.393. The molecule has 2 saturated heterocycles. The number of carbonyl (C=O) groups is 1. The zero-order valence-corrected chi connectivity index (χ0v) is 35.5. The lowest BCUT2D eigenvalue weighted by molar-refractivity contribution is -0.367. The van der Waals surface area contributed by atoms with E-state index in [9.17, 15) is 45.6 Å². The van der Waals surface area contributed by atoms with Gasteiger partial charge in [-0.05, 0) is 91.9 Å². The minimum absolute atomic E-state index is 0.00610. The topological polar surface area (TPSA) is 225 Å². The Kier molecular flexibility index (Phi) is 11.8. The lowest BCUT2D eigenvalue weighted by Gasteiger charge is -2.70. The second-order valence-corrected chi connectivity index (χ2v) is 20.9. The van der Waals surface area contributed by atoms with Gasteiger partial charge in [0.25, 0.3) is 0 Å². The molecule has 0 aromatic carbocycles. The highest BCUT2D eigenvalue weighted by molar-refractivity contribution is 5.65. The van der Waals surface area contributed by atoms with Gasteiger partial charge in [0.1, 0.15) is 49.3 Å². The Labute approximate surface area is 342 Å². The molecule has 14 heteroatoms.